The van der Waals surface area contributed by atoms with E-state index in [9.17, 15) is 14.0 Å². The van der Waals surface area contributed by atoms with Gasteiger partial charge in [-0.15, -0.1) is 0 Å². The first kappa shape index (κ1) is 14.4. The van der Waals surface area contributed by atoms with Gasteiger partial charge in [-0.25, -0.2) is 9.18 Å². The topological polar surface area (TPSA) is 69.6 Å². The van der Waals surface area contributed by atoms with E-state index in [2.05, 4.69) is 21.2 Å². The number of halogens is 2. The second-order valence-electron chi connectivity index (χ2n) is 3.58. The average Bonchev–Trinajstić information content (AvgIpc) is 2.31. The molecule has 0 heterocycles. The Balaban J connectivity index is 2.55. The van der Waals surface area contributed by atoms with Crippen LogP contribution in [-0.2, 0) is 0 Å². The average molecular weight is 319 g/mol. The van der Waals surface area contributed by atoms with Crippen LogP contribution in [0.4, 0.5) is 9.18 Å². The summed E-state index contributed by atoms with van der Waals surface area (Å²) in [6.45, 7) is 0.254. The van der Waals surface area contributed by atoms with Crippen LogP contribution in [0, 0.1) is 5.82 Å². The van der Waals surface area contributed by atoms with Crippen LogP contribution in [-0.4, -0.2) is 42.1 Å². The zero-order valence-corrected chi connectivity index (χ0v) is 11.2. The van der Waals surface area contributed by atoms with Crippen LogP contribution in [0.3, 0.4) is 0 Å². The van der Waals surface area contributed by atoms with Gasteiger partial charge in [0.2, 0.25) is 0 Å². The Morgan fingerprint density at radius 1 is 1.50 bits per heavy atom. The van der Waals surface area contributed by atoms with Gasteiger partial charge in [0.15, 0.2) is 0 Å². The third kappa shape index (κ3) is 3.99. The van der Waals surface area contributed by atoms with Gasteiger partial charge in [0.1, 0.15) is 5.82 Å². The molecule has 0 fully saturated rings. The highest BCUT2D eigenvalue weighted by atomic mass is 79.9. The summed E-state index contributed by atoms with van der Waals surface area (Å²) < 4.78 is 13.9. The Bertz CT molecular complexity index is 468. The van der Waals surface area contributed by atoms with Crippen LogP contribution in [0.15, 0.2) is 22.7 Å². The Morgan fingerprint density at radius 3 is 2.78 bits per heavy atom. The Morgan fingerprint density at radius 2 is 2.17 bits per heavy atom. The lowest BCUT2D eigenvalue weighted by Gasteiger charge is -2.13. The van der Waals surface area contributed by atoms with Gasteiger partial charge in [-0.2, -0.15) is 0 Å². The minimum Gasteiger partial charge on any atom is -0.465 e. The molecule has 98 valence electrons. The minimum atomic E-state index is -1.09. The first-order valence-electron chi connectivity index (χ1n) is 5.09. The maximum atomic E-state index is 13.3. The number of rotatable bonds is 4. The van der Waals surface area contributed by atoms with E-state index in [1.165, 1.54) is 25.2 Å². The fraction of sp³-hybridized carbons (Fsp3) is 0.273. The summed E-state index contributed by atoms with van der Waals surface area (Å²) in [6, 6.07) is 4.04. The van der Waals surface area contributed by atoms with Gasteiger partial charge in [0.05, 0.1) is 5.56 Å². The molecule has 1 aromatic carbocycles. The van der Waals surface area contributed by atoms with Crippen molar-refractivity contribution in [3.63, 3.8) is 0 Å². The number of hydrogen-bond donors (Lipinski definition) is 2. The molecule has 0 saturated carbocycles. The fourth-order valence-corrected chi connectivity index (χ4v) is 1.56. The van der Waals surface area contributed by atoms with E-state index in [-0.39, 0.29) is 18.7 Å². The molecule has 0 aliphatic rings. The maximum absolute atomic E-state index is 13.3. The molecule has 0 bridgehead atoms. The molecule has 0 aliphatic carbocycles. The van der Waals surface area contributed by atoms with E-state index >= 15 is 0 Å². The van der Waals surface area contributed by atoms with Crippen LogP contribution in [0.25, 0.3) is 0 Å². The van der Waals surface area contributed by atoms with Gasteiger partial charge >= 0.3 is 6.09 Å². The molecule has 5 nitrogen and oxygen atoms in total. The van der Waals surface area contributed by atoms with E-state index in [0.29, 0.717) is 4.47 Å². The monoisotopic (exact) mass is 318 g/mol. The number of nitrogens with zero attached hydrogens (tertiary/aromatic N) is 1. The molecule has 0 aromatic heterocycles. The smallest absolute Gasteiger partial charge is 0.407 e. The summed E-state index contributed by atoms with van der Waals surface area (Å²) >= 11 is 3.14. The van der Waals surface area contributed by atoms with Crippen molar-refractivity contribution in [3.8, 4) is 0 Å². The standard InChI is InChI=1S/C11H12BrFN2O3/c1-15(11(17)18)5-4-14-10(16)8-6-7(12)2-3-9(8)13/h2-3,6H,4-5H2,1H3,(H,14,16)(H,17,18). The van der Waals surface area contributed by atoms with E-state index in [4.69, 9.17) is 5.11 Å². The van der Waals surface area contributed by atoms with Crippen LogP contribution < -0.4 is 5.32 Å². The number of benzene rings is 1. The van der Waals surface area contributed by atoms with E-state index in [1.54, 1.807) is 0 Å². The fourth-order valence-electron chi connectivity index (χ4n) is 1.20. The lowest BCUT2D eigenvalue weighted by Crippen LogP contribution is -2.35. The van der Waals surface area contributed by atoms with Crippen molar-refractivity contribution in [2.45, 2.75) is 0 Å². The van der Waals surface area contributed by atoms with Crippen LogP contribution in [0.1, 0.15) is 10.4 Å². The normalized spacial score (nSPS) is 9.94. The summed E-state index contributed by atoms with van der Waals surface area (Å²) in [4.78, 5) is 23.1. The quantitative estimate of drug-likeness (QED) is 0.891. The van der Waals surface area contributed by atoms with Gasteiger partial charge in [0.25, 0.3) is 5.91 Å². The second-order valence-corrected chi connectivity index (χ2v) is 4.50. The Hall–Kier alpha value is -1.63. The van der Waals surface area contributed by atoms with E-state index < -0.39 is 17.8 Å². The van der Waals surface area contributed by atoms with Crippen molar-refractivity contribution >= 4 is 27.9 Å². The molecule has 2 N–H and O–H groups in total. The number of carboxylic acid groups (broad SMARTS) is 1. The molecular weight excluding hydrogens is 307 g/mol. The summed E-state index contributed by atoms with van der Waals surface area (Å²) in [5.74, 6) is -1.20. The lowest BCUT2D eigenvalue weighted by atomic mass is 10.2. The lowest BCUT2D eigenvalue weighted by molar-refractivity contribution is 0.0943. The molecule has 7 heteroatoms. The Kier molecular flexibility index (Phi) is 5.08. The highest BCUT2D eigenvalue weighted by Crippen LogP contribution is 2.15. The summed E-state index contributed by atoms with van der Waals surface area (Å²) in [6.07, 6.45) is -1.09. The molecule has 0 saturated heterocycles. The summed E-state index contributed by atoms with van der Waals surface area (Å²) in [5, 5.41) is 11.0. The second kappa shape index (κ2) is 6.34. The van der Waals surface area contributed by atoms with Gasteiger partial charge in [0, 0.05) is 24.6 Å². The van der Waals surface area contributed by atoms with Crippen LogP contribution in [0.2, 0.25) is 0 Å². The largest absolute Gasteiger partial charge is 0.465 e. The van der Waals surface area contributed by atoms with Crippen molar-refractivity contribution in [2.24, 2.45) is 0 Å². The molecule has 0 aliphatic heterocycles. The first-order valence-corrected chi connectivity index (χ1v) is 5.88. The molecular formula is C11H12BrFN2O3. The number of amides is 2. The van der Waals surface area contributed by atoms with E-state index in [0.717, 1.165) is 4.90 Å². The van der Waals surface area contributed by atoms with Crippen molar-refractivity contribution in [1.82, 2.24) is 10.2 Å². The number of carbonyl (C=O) groups is 2. The Labute approximate surface area is 112 Å². The van der Waals surface area contributed by atoms with Crippen molar-refractivity contribution in [1.29, 1.82) is 0 Å². The van der Waals surface area contributed by atoms with E-state index in [1.807, 2.05) is 0 Å². The van der Waals surface area contributed by atoms with Crippen molar-refractivity contribution in [2.75, 3.05) is 20.1 Å². The van der Waals surface area contributed by atoms with Gasteiger partial charge in [-0.1, -0.05) is 15.9 Å². The molecule has 18 heavy (non-hydrogen) atoms. The molecule has 0 radical (unpaired) electrons. The number of hydrogen-bond acceptors (Lipinski definition) is 2. The molecule has 1 aromatic rings. The highest BCUT2D eigenvalue weighted by molar-refractivity contribution is 9.10. The summed E-state index contributed by atoms with van der Waals surface area (Å²) in [5.41, 5.74) is -0.0812. The van der Waals surface area contributed by atoms with Crippen molar-refractivity contribution < 1.29 is 19.1 Å². The molecule has 2 amide bonds. The van der Waals surface area contributed by atoms with Crippen LogP contribution in [0.5, 0.6) is 0 Å². The maximum Gasteiger partial charge on any atom is 0.407 e. The third-order valence-electron chi connectivity index (χ3n) is 2.23. The molecule has 0 atom stereocenters. The molecule has 0 unspecified atom stereocenters. The highest BCUT2D eigenvalue weighted by Gasteiger charge is 2.12. The number of carbonyl (C=O) groups excluding carboxylic acids is 1. The number of nitrogens with one attached hydrogen (secondary N) is 1. The minimum absolute atomic E-state index is 0.0812. The van der Waals surface area contributed by atoms with Crippen molar-refractivity contribution in [3.05, 3.63) is 34.1 Å². The van der Waals surface area contributed by atoms with Crippen LogP contribution >= 0.6 is 15.9 Å². The SMILES string of the molecule is CN(CCNC(=O)c1cc(Br)ccc1F)C(=O)O. The van der Waals surface area contributed by atoms with Gasteiger partial charge < -0.3 is 15.3 Å². The molecule has 0 spiro atoms. The first-order chi connectivity index (χ1) is 8.41. The predicted molar refractivity (Wildman–Crippen MR) is 67.1 cm³/mol. The number of likely N-dealkylation sites (N-methyl/N-ethyl adjacent to an activating group) is 1. The third-order valence-corrected chi connectivity index (χ3v) is 2.73. The summed E-state index contributed by atoms with van der Waals surface area (Å²) in [7, 11) is 1.38. The zero-order chi connectivity index (χ0) is 13.7. The predicted octanol–water partition coefficient (Wildman–Crippen LogP) is 1.93. The molecule has 1 rings (SSSR count). The van der Waals surface area contributed by atoms with Gasteiger partial charge in [-0.05, 0) is 18.2 Å². The van der Waals surface area contributed by atoms with Gasteiger partial charge in [-0.3, -0.25) is 4.79 Å². The zero-order valence-electron chi connectivity index (χ0n) is 9.61.